The van der Waals surface area contributed by atoms with Crippen LogP contribution in [0, 0.1) is 6.92 Å². The Bertz CT molecular complexity index is 1540. The van der Waals surface area contributed by atoms with Crippen molar-refractivity contribution in [1.82, 2.24) is 13.7 Å². The molecule has 0 saturated heterocycles. The predicted molar refractivity (Wildman–Crippen MR) is 133 cm³/mol. The van der Waals surface area contributed by atoms with Crippen LogP contribution in [0.5, 0.6) is 5.75 Å². The maximum absolute atomic E-state index is 13.6. The number of aromatic nitrogens is 3. The van der Waals surface area contributed by atoms with Crippen molar-refractivity contribution in [2.24, 2.45) is 14.1 Å². The first-order valence-electron chi connectivity index (χ1n) is 11.3. The molecule has 0 bridgehead atoms. The van der Waals surface area contributed by atoms with Gasteiger partial charge in [-0.25, -0.2) is 4.79 Å². The second kappa shape index (κ2) is 7.74. The van der Waals surface area contributed by atoms with E-state index in [2.05, 4.69) is 18.4 Å². The molecule has 1 aliphatic rings. The summed E-state index contributed by atoms with van der Waals surface area (Å²) in [6.45, 7) is 6.65. The van der Waals surface area contributed by atoms with Crippen molar-refractivity contribution in [2.75, 3.05) is 13.7 Å². The number of fused-ring (bicyclic) bond motifs is 3. The third-order valence-electron chi connectivity index (χ3n) is 6.81. The fraction of sp³-hybridized carbons (Fsp3) is 0.333. The van der Waals surface area contributed by atoms with Gasteiger partial charge in [0.25, 0.3) is 5.56 Å². The lowest BCUT2D eigenvalue weighted by Crippen LogP contribution is -2.40. The average Bonchev–Trinajstić information content (AvgIpc) is 3.20. The topological polar surface area (TPSA) is 67.4 Å². The summed E-state index contributed by atoms with van der Waals surface area (Å²) < 4.78 is 17.1. The smallest absolute Gasteiger partial charge is 0.331 e. The molecule has 34 heavy (non-hydrogen) atoms. The van der Waals surface area contributed by atoms with Crippen molar-refractivity contribution >= 4 is 10.9 Å². The highest BCUT2D eigenvalue weighted by Crippen LogP contribution is 2.46. The first-order valence-corrected chi connectivity index (χ1v) is 11.3. The molecular weight excluding hydrogens is 430 g/mol. The lowest BCUT2D eigenvalue weighted by molar-refractivity contribution is -0.00799. The zero-order chi connectivity index (χ0) is 24.4. The van der Waals surface area contributed by atoms with Crippen LogP contribution in [0.4, 0.5) is 0 Å². The molecule has 0 unspecified atom stereocenters. The Labute approximate surface area is 197 Å². The molecule has 7 nitrogen and oxygen atoms in total. The first-order chi connectivity index (χ1) is 16.2. The molecule has 176 valence electrons. The SMILES string of the molecule is COc1ccccc1[C@H]1OCC(C)(C)n2c(-c3ccc(C)cc3)c3c(=O)n(C)c(=O)n(C)c3c21. The highest BCUT2D eigenvalue weighted by Gasteiger charge is 2.41. The molecule has 7 heteroatoms. The number of rotatable bonds is 3. The van der Waals surface area contributed by atoms with Crippen LogP contribution >= 0.6 is 0 Å². The number of benzene rings is 2. The molecule has 0 radical (unpaired) electrons. The monoisotopic (exact) mass is 459 g/mol. The number of ether oxygens (including phenoxy) is 2. The number of aryl methyl sites for hydroxylation is 2. The van der Waals surface area contributed by atoms with E-state index >= 15 is 0 Å². The summed E-state index contributed by atoms with van der Waals surface area (Å²) in [6.07, 6.45) is -0.511. The normalized spacial score (nSPS) is 17.1. The second-order valence-corrected chi connectivity index (χ2v) is 9.61. The van der Waals surface area contributed by atoms with Crippen molar-refractivity contribution in [3.05, 3.63) is 86.2 Å². The molecule has 0 amide bonds. The van der Waals surface area contributed by atoms with Crippen molar-refractivity contribution in [1.29, 1.82) is 0 Å². The van der Waals surface area contributed by atoms with Crippen LogP contribution in [-0.2, 0) is 24.4 Å². The quantitative estimate of drug-likeness (QED) is 0.466. The summed E-state index contributed by atoms with van der Waals surface area (Å²) >= 11 is 0. The largest absolute Gasteiger partial charge is 0.496 e. The summed E-state index contributed by atoms with van der Waals surface area (Å²) in [6, 6.07) is 15.9. The van der Waals surface area contributed by atoms with Gasteiger partial charge in [-0.15, -0.1) is 0 Å². The molecule has 2 aromatic heterocycles. The van der Waals surface area contributed by atoms with Crippen LogP contribution in [0.3, 0.4) is 0 Å². The van der Waals surface area contributed by atoms with Crippen molar-refractivity contribution < 1.29 is 9.47 Å². The zero-order valence-corrected chi connectivity index (χ0v) is 20.4. The van der Waals surface area contributed by atoms with Crippen molar-refractivity contribution in [3.63, 3.8) is 0 Å². The van der Waals surface area contributed by atoms with Gasteiger partial charge < -0.3 is 14.0 Å². The molecular formula is C27H29N3O4. The fourth-order valence-corrected chi connectivity index (χ4v) is 5.10. The van der Waals surface area contributed by atoms with Crippen LogP contribution in [0.15, 0.2) is 58.1 Å². The number of methoxy groups -OCH3 is 1. The van der Waals surface area contributed by atoms with E-state index in [1.54, 1.807) is 18.7 Å². The highest BCUT2D eigenvalue weighted by atomic mass is 16.5. The van der Waals surface area contributed by atoms with Crippen LogP contribution in [0.1, 0.15) is 36.8 Å². The van der Waals surface area contributed by atoms with E-state index in [4.69, 9.17) is 9.47 Å². The summed E-state index contributed by atoms with van der Waals surface area (Å²) in [7, 11) is 4.87. The van der Waals surface area contributed by atoms with Crippen molar-refractivity contribution in [3.8, 4) is 17.0 Å². The molecule has 5 rings (SSSR count). The maximum Gasteiger partial charge on any atom is 0.331 e. The maximum atomic E-state index is 13.6. The van der Waals surface area contributed by atoms with E-state index in [-0.39, 0.29) is 11.2 Å². The lowest BCUT2D eigenvalue weighted by atomic mass is 9.97. The third-order valence-corrected chi connectivity index (χ3v) is 6.81. The molecule has 0 N–H and O–H groups in total. The van der Waals surface area contributed by atoms with Gasteiger partial charge in [0.05, 0.1) is 41.5 Å². The summed E-state index contributed by atoms with van der Waals surface area (Å²) in [5, 5.41) is 0.516. The predicted octanol–water partition coefficient (Wildman–Crippen LogP) is 3.88. The second-order valence-electron chi connectivity index (χ2n) is 9.61. The van der Waals surface area contributed by atoms with Gasteiger partial charge in [-0.05, 0) is 32.4 Å². The van der Waals surface area contributed by atoms with Gasteiger partial charge in [0.15, 0.2) is 0 Å². The first kappa shape index (κ1) is 22.2. The Morgan fingerprint density at radius 1 is 1.00 bits per heavy atom. The van der Waals surface area contributed by atoms with Gasteiger partial charge in [0.2, 0.25) is 0 Å². The Hall–Kier alpha value is -3.58. The zero-order valence-electron chi connectivity index (χ0n) is 20.4. The lowest BCUT2D eigenvalue weighted by Gasteiger charge is -2.39. The highest BCUT2D eigenvalue weighted by molar-refractivity contribution is 5.97. The number of hydrogen-bond acceptors (Lipinski definition) is 4. The van der Waals surface area contributed by atoms with Gasteiger partial charge >= 0.3 is 5.69 Å². The minimum absolute atomic E-state index is 0.315. The van der Waals surface area contributed by atoms with E-state index in [0.29, 0.717) is 23.3 Å². The molecule has 3 heterocycles. The van der Waals surface area contributed by atoms with Crippen LogP contribution in [-0.4, -0.2) is 27.4 Å². The Balaban J connectivity index is 2.01. The molecule has 4 aromatic rings. The fourth-order valence-electron chi connectivity index (χ4n) is 5.10. The van der Waals surface area contributed by atoms with Gasteiger partial charge in [0, 0.05) is 19.7 Å². The number of hydrogen-bond donors (Lipinski definition) is 0. The summed E-state index contributed by atoms with van der Waals surface area (Å²) in [5.41, 5.74) is 3.93. The molecule has 0 fully saturated rings. The Kier molecular flexibility index (Phi) is 5.06. The number of para-hydroxylation sites is 1. The Morgan fingerprint density at radius 2 is 1.68 bits per heavy atom. The van der Waals surface area contributed by atoms with E-state index in [9.17, 15) is 9.59 Å². The minimum atomic E-state index is -0.511. The van der Waals surface area contributed by atoms with E-state index < -0.39 is 11.6 Å². The molecule has 1 aliphatic heterocycles. The van der Waals surface area contributed by atoms with E-state index in [0.717, 1.165) is 28.1 Å². The molecule has 1 atom stereocenters. The van der Waals surface area contributed by atoms with Crippen LogP contribution < -0.4 is 16.0 Å². The Morgan fingerprint density at radius 3 is 2.35 bits per heavy atom. The van der Waals surface area contributed by atoms with Crippen LogP contribution in [0.2, 0.25) is 0 Å². The van der Waals surface area contributed by atoms with E-state index in [1.165, 1.54) is 11.6 Å². The molecule has 0 aliphatic carbocycles. The summed E-state index contributed by atoms with van der Waals surface area (Å²) in [5.74, 6) is 0.693. The van der Waals surface area contributed by atoms with Crippen LogP contribution in [0.25, 0.3) is 22.2 Å². The number of nitrogens with zero attached hydrogens (tertiary/aromatic N) is 3. The molecule has 0 spiro atoms. The van der Waals surface area contributed by atoms with Gasteiger partial charge in [-0.1, -0.05) is 48.0 Å². The van der Waals surface area contributed by atoms with Gasteiger partial charge in [0.1, 0.15) is 11.9 Å². The standard InChI is InChI=1S/C27H29N3O4/c1-16-11-13-17(14-12-16)21-20-22(28(4)26(32)29(5)25(20)31)23-24(34-15-27(2,3)30(21)23)18-9-7-8-10-19(18)33-6/h7-14,24H,15H2,1-6H3/t24-/m1/s1. The molecule has 2 aromatic carbocycles. The van der Waals surface area contributed by atoms with Crippen molar-refractivity contribution in [2.45, 2.75) is 32.4 Å². The van der Waals surface area contributed by atoms with E-state index in [1.807, 2.05) is 55.5 Å². The third kappa shape index (κ3) is 3.07. The molecule has 0 saturated carbocycles. The van der Waals surface area contributed by atoms with Gasteiger partial charge in [-0.2, -0.15) is 0 Å². The average molecular weight is 460 g/mol. The summed E-state index contributed by atoms with van der Waals surface area (Å²) in [4.78, 5) is 26.7. The van der Waals surface area contributed by atoms with Gasteiger partial charge in [-0.3, -0.25) is 13.9 Å². The minimum Gasteiger partial charge on any atom is -0.496 e.